The summed E-state index contributed by atoms with van der Waals surface area (Å²) in [5.41, 5.74) is 0.00780. The lowest BCUT2D eigenvalue weighted by Gasteiger charge is -2.42. The van der Waals surface area contributed by atoms with E-state index in [1.807, 2.05) is 0 Å². The van der Waals surface area contributed by atoms with E-state index in [-0.39, 0.29) is 11.2 Å². The van der Waals surface area contributed by atoms with Crippen molar-refractivity contribution in [3.8, 4) is 0 Å². The van der Waals surface area contributed by atoms with Crippen LogP contribution in [0.5, 0.6) is 0 Å². The maximum Gasteiger partial charge on any atom is 0.0789 e. The van der Waals surface area contributed by atoms with Gasteiger partial charge in [0.25, 0.3) is 0 Å². The number of piperazine rings is 1. The highest BCUT2D eigenvalue weighted by molar-refractivity contribution is 5.02. The van der Waals surface area contributed by atoms with Crippen LogP contribution in [0, 0.1) is 0 Å². The van der Waals surface area contributed by atoms with Crippen LogP contribution in [-0.2, 0) is 4.74 Å². The minimum absolute atomic E-state index is 0.0188. The zero-order valence-corrected chi connectivity index (χ0v) is 11.3. The number of hydrogen-bond donors (Lipinski definition) is 1. The molecule has 2 heterocycles. The van der Waals surface area contributed by atoms with Gasteiger partial charge in [0.1, 0.15) is 0 Å². The van der Waals surface area contributed by atoms with Crippen molar-refractivity contribution in [2.75, 3.05) is 19.6 Å². The Balaban J connectivity index is 2.13. The molecule has 0 aromatic heterocycles. The molecule has 1 unspecified atom stereocenters. The predicted octanol–water partition coefficient (Wildman–Crippen LogP) is 1.63. The van der Waals surface area contributed by atoms with Crippen LogP contribution in [-0.4, -0.2) is 47.8 Å². The Morgan fingerprint density at radius 2 is 1.94 bits per heavy atom. The van der Waals surface area contributed by atoms with Gasteiger partial charge in [-0.05, 0) is 41.0 Å². The molecule has 2 saturated heterocycles. The van der Waals surface area contributed by atoms with Crippen LogP contribution in [0.3, 0.4) is 0 Å². The predicted molar refractivity (Wildman–Crippen MR) is 66.7 cm³/mol. The van der Waals surface area contributed by atoms with Crippen LogP contribution in [0.4, 0.5) is 0 Å². The Bertz CT molecular complexity index is 263. The second-order valence-electron chi connectivity index (χ2n) is 6.48. The van der Waals surface area contributed by atoms with Gasteiger partial charge in [-0.1, -0.05) is 0 Å². The minimum Gasteiger partial charge on any atom is -0.368 e. The van der Waals surface area contributed by atoms with E-state index in [1.54, 1.807) is 0 Å². The lowest BCUT2D eigenvalue weighted by atomic mass is 9.91. The summed E-state index contributed by atoms with van der Waals surface area (Å²) in [5, 5.41) is 3.45. The SMILES string of the molecule is C[C@H]1CNCCN1C1CC(C)(C)OC1(C)C. The molecule has 3 nitrogen and oxygen atoms in total. The number of rotatable bonds is 1. The van der Waals surface area contributed by atoms with Gasteiger partial charge in [0.2, 0.25) is 0 Å². The van der Waals surface area contributed by atoms with Crippen molar-refractivity contribution in [1.29, 1.82) is 0 Å². The Morgan fingerprint density at radius 1 is 1.25 bits per heavy atom. The summed E-state index contributed by atoms with van der Waals surface area (Å²) < 4.78 is 6.19. The van der Waals surface area contributed by atoms with Gasteiger partial charge in [-0.25, -0.2) is 0 Å². The third kappa shape index (κ3) is 2.27. The molecule has 1 N–H and O–H groups in total. The fraction of sp³-hybridized carbons (Fsp3) is 1.00. The third-order valence-corrected chi connectivity index (χ3v) is 3.98. The van der Waals surface area contributed by atoms with Gasteiger partial charge in [-0.2, -0.15) is 0 Å². The van der Waals surface area contributed by atoms with E-state index in [0.29, 0.717) is 12.1 Å². The lowest BCUT2D eigenvalue weighted by molar-refractivity contribution is -0.0849. The van der Waals surface area contributed by atoms with Crippen LogP contribution in [0.2, 0.25) is 0 Å². The molecule has 0 amide bonds. The summed E-state index contributed by atoms with van der Waals surface area (Å²) in [4.78, 5) is 2.63. The lowest BCUT2D eigenvalue weighted by Crippen LogP contribution is -2.58. The molecule has 0 radical (unpaired) electrons. The van der Waals surface area contributed by atoms with Gasteiger partial charge >= 0.3 is 0 Å². The van der Waals surface area contributed by atoms with Crippen molar-refractivity contribution in [1.82, 2.24) is 10.2 Å². The molecule has 0 aliphatic carbocycles. The van der Waals surface area contributed by atoms with Crippen molar-refractivity contribution in [3.63, 3.8) is 0 Å². The fourth-order valence-electron chi connectivity index (χ4n) is 3.37. The van der Waals surface area contributed by atoms with Crippen LogP contribution in [0.25, 0.3) is 0 Å². The molecule has 94 valence electrons. The van der Waals surface area contributed by atoms with E-state index >= 15 is 0 Å². The van der Waals surface area contributed by atoms with Crippen molar-refractivity contribution in [2.24, 2.45) is 0 Å². The van der Waals surface area contributed by atoms with Crippen molar-refractivity contribution >= 4 is 0 Å². The van der Waals surface area contributed by atoms with Gasteiger partial charge in [0, 0.05) is 31.7 Å². The van der Waals surface area contributed by atoms with Gasteiger partial charge < -0.3 is 10.1 Å². The minimum atomic E-state index is -0.0188. The van der Waals surface area contributed by atoms with E-state index in [9.17, 15) is 0 Å². The highest BCUT2D eigenvalue weighted by Gasteiger charge is 2.49. The molecule has 0 bridgehead atoms. The normalized spacial score (nSPS) is 38.8. The van der Waals surface area contributed by atoms with Crippen LogP contribution in [0.1, 0.15) is 41.0 Å². The van der Waals surface area contributed by atoms with Gasteiger partial charge in [0.15, 0.2) is 0 Å². The molecule has 2 atom stereocenters. The molecule has 0 aromatic rings. The van der Waals surface area contributed by atoms with Crippen molar-refractivity contribution in [2.45, 2.75) is 64.3 Å². The molecule has 16 heavy (non-hydrogen) atoms. The first-order chi connectivity index (χ1) is 7.32. The van der Waals surface area contributed by atoms with E-state index in [2.05, 4.69) is 44.8 Å². The Hall–Kier alpha value is -0.120. The average molecular weight is 226 g/mol. The topological polar surface area (TPSA) is 24.5 Å². The first-order valence-electron chi connectivity index (χ1n) is 6.48. The summed E-state index contributed by atoms with van der Waals surface area (Å²) in [6, 6.07) is 1.18. The molecule has 2 rings (SSSR count). The third-order valence-electron chi connectivity index (χ3n) is 3.98. The standard InChI is InChI=1S/C13H26N2O/c1-10-9-14-6-7-15(10)11-8-12(2,3)16-13(11,4)5/h10-11,14H,6-9H2,1-5H3/t10-,11?/m0/s1. The molecule has 0 spiro atoms. The van der Waals surface area contributed by atoms with E-state index < -0.39 is 0 Å². The number of nitrogens with one attached hydrogen (secondary N) is 1. The fourth-order valence-corrected chi connectivity index (χ4v) is 3.37. The number of ether oxygens (including phenoxy) is 1. The highest BCUT2D eigenvalue weighted by Crippen LogP contribution is 2.40. The Morgan fingerprint density at radius 3 is 2.44 bits per heavy atom. The maximum atomic E-state index is 6.19. The molecule has 3 heteroatoms. The quantitative estimate of drug-likeness (QED) is 0.735. The summed E-state index contributed by atoms with van der Waals surface area (Å²) >= 11 is 0. The van der Waals surface area contributed by atoms with Crippen molar-refractivity contribution < 1.29 is 4.74 Å². The van der Waals surface area contributed by atoms with E-state index in [0.717, 1.165) is 26.1 Å². The second-order valence-corrected chi connectivity index (χ2v) is 6.48. The zero-order chi connectivity index (χ0) is 12.0. The second kappa shape index (κ2) is 3.97. The molecule has 2 fully saturated rings. The summed E-state index contributed by atoms with van der Waals surface area (Å²) in [6.45, 7) is 14.6. The summed E-state index contributed by atoms with van der Waals surface area (Å²) in [5.74, 6) is 0. The first-order valence-corrected chi connectivity index (χ1v) is 6.48. The zero-order valence-electron chi connectivity index (χ0n) is 11.3. The van der Waals surface area contributed by atoms with Crippen molar-refractivity contribution in [3.05, 3.63) is 0 Å². The molecule has 0 aromatic carbocycles. The van der Waals surface area contributed by atoms with E-state index in [1.165, 1.54) is 0 Å². The van der Waals surface area contributed by atoms with Gasteiger partial charge in [-0.15, -0.1) is 0 Å². The average Bonchev–Trinajstić information content (AvgIpc) is 2.35. The monoisotopic (exact) mass is 226 g/mol. The number of nitrogens with zero attached hydrogens (tertiary/aromatic N) is 1. The van der Waals surface area contributed by atoms with Crippen LogP contribution in [0.15, 0.2) is 0 Å². The smallest absolute Gasteiger partial charge is 0.0789 e. The summed E-state index contributed by atoms with van der Waals surface area (Å²) in [6.07, 6.45) is 1.14. The largest absolute Gasteiger partial charge is 0.368 e. The molecular weight excluding hydrogens is 200 g/mol. The van der Waals surface area contributed by atoms with E-state index in [4.69, 9.17) is 4.74 Å². The molecule has 0 saturated carbocycles. The summed E-state index contributed by atoms with van der Waals surface area (Å²) in [7, 11) is 0. The maximum absolute atomic E-state index is 6.19. The Kier molecular flexibility index (Phi) is 3.06. The number of hydrogen-bond acceptors (Lipinski definition) is 3. The molecule has 2 aliphatic rings. The van der Waals surface area contributed by atoms with Crippen LogP contribution < -0.4 is 5.32 Å². The first kappa shape index (κ1) is 12.3. The highest BCUT2D eigenvalue weighted by atomic mass is 16.5. The van der Waals surface area contributed by atoms with Gasteiger partial charge in [0.05, 0.1) is 11.2 Å². The van der Waals surface area contributed by atoms with Crippen LogP contribution >= 0.6 is 0 Å². The Labute approximate surface area is 99.5 Å². The molecule has 2 aliphatic heterocycles. The van der Waals surface area contributed by atoms with Gasteiger partial charge in [-0.3, -0.25) is 4.90 Å². The molecular formula is C13H26N2O.